The first-order valence-electron chi connectivity index (χ1n) is 15.2. The number of methoxy groups -OCH3 is 1. The Morgan fingerprint density at radius 1 is 1.03 bits per heavy atom. The molecule has 0 unspecified atom stereocenters. The highest BCUT2D eigenvalue weighted by atomic mass is 16.5. The lowest BCUT2D eigenvalue weighted by atomic mass is 9.73. The van der Waals surface area contributed by atoms with Crippen LogP contribution in [0.25, 0.3) is 0 Å². The zero-order valence-corrected chi connectivity index (χ0v) is 24.1. The number of carboxylic acids is 1. The molecule has 0 amide bonds. The van der Waals surface area contributed by atoms with Gasteiger partial charge in [-0.2, -0.15) is 0 Å². The van der Waals surface area contributed by atoms with Gasteiger partial charge in [0, 0.05) is 20.1 Å². The van der Waals surface area contributed by atoms with E-state index in [1.54, 1.807) is 7.11 Å². The molecule has 1 aromatic carbocycles. The lowest BCUT2D eigenvalue weighted by molar-refractivity contribution is -0.151. The molecule has 0 bridgehead atoms. The van der Waals surface area contributed by atoms with Gasteiger partial charge in [-0.1, -0.05) is 64.0 Å². The first-order chi connectivity index (χ1) is 18.9. The molecule has 5 atom stereocenters. The molecule has 0 spiro atoms. The van der Waals surface area contributed by atoms with E-state index < -0.39 is 5.97 Å². The zero-order chi connectivity index (χ0) is 28.0. The molecule has 2 aliphatic rings. The normalized spacial score (nSPS) is 22.6. The van der Waals surface area contributed by atoms with Gasteiger partial charge in [-0.05, 0) is 79.9 Å². The van der Waals surface area contributed by atoms with Crippen LogP contribution in [-0.2, 0) is 31.9 Å². The molecule has 7 heteroatoms. The van der Waals surface area contributed by atoms with Crippen LogP contribution in [0.1, 0.15) is 102 Å². The Balaban J connectivity index is 1.60. The van der Waals surface area contributed by atoms with E-state index in [0.29, 0.717) is 37.0 Å². The van der Waals surface area contributed by atoms with Crippen LogP contribution in [0.3, 0.4) is 0 Å². The van der Waals surface area contributed by atoms with Gasteiger partial charge in [0.05, 0.1) is 6.10 Å². The summed E-state index contributed by atoms with van der Waals surface area (Å²) in [6, 6.07) is 5.89. The number of hydrogen-bond donors (Lipinski definition) is 2. The number of carboxylic acid groups (broad SMARTS) is 1. The van der Waals surface area contributed by atoms with Crippen LogP contribution in [0.5, 0.6) is 5.75 Å². The van der Waals surface area contributed by atoms with Crippen molar-refractivity contribution < 1.29 is 34.0 Å². The lowest BCUT2D eigenvalue weighted by Gasteiger charge is -2.32. The van der Waals surface area contributed by atoms with Gasteiger partial charge in [0.2, 0.25) is 0 Å². The van der Waals surface area contributed by atoms with Gasteiger partial charge in [-0.3, -0.25) is 4.79 Å². The van der Waals surface area contributed by atoms with Crippen molar-refractivity contribution in [3.8, 4) is 5.75 Å². The van der Waals surface area contributed by atoms with E-state index in [2.05, 4.69) is 13.0 Å². The van der Waals surface area contributed by atoms with Crippen molar-refractivity contribution in [3.05, 3.63) is 29.3 Å². The van der Waals surface area contributed by atoms with Crippen molar-refractivity contribution >= 4 is 11.9 Å². The average Bonchev–Trinajstić information content (AvgIpc) is 3.24. The van der Waals surface area contributed by atoms with Crippen LogP contribution in [0.2, 0.25) is 0 Å². The van der Waals surface area contributed by atoms with Crippen LogP contribution in [0, 0.1) is 17.8 Å². The molecule has 2 aliphatic carbocycles. The lowest BCUT2D eigenvalue weighted by Crippen LogP contribution is -2.30. The molecule has 0 heterocycles. The van der Waals surface area contributed by atoms with Crippen molar-refractivity contribution in [1.29, 1.82) is 0 Å². The molecular weight excluding hydrogens is 496 g/mol. The molecule has 0 radical (unpaired) electrons. The highest BCUT2D eigenvalue weighted by Crippen LogP contribution is 2.49. The summed E-state index contributed by atoms with van der Waals surface area (Å²) in [5, 5.41) is 19.8. The summed E-state index contributed by atoms with van der Waals surface area (Å²) >= 11 is 0. The maximum atomic E-state index is 12.7. The largest absolute Gasteiger partial charge is 0.482 e. The van der Waals surface area contributed by atoms with Crippen LogP contribution >= 0.6 is 0 Å². The number of rotatable bonds is 19. The molecule has 2 N–H and O–H groups in total. The number of aliphatic hydroxyl groups is 1. The standard InChI is InChI=1S/C32H50O7/c1-3-4-5-6-7-8-9-13-25(33)16-17-26-27-19-23-12-10-14-29(38-22-31(34)35)28(23)20-24(27)21-30(26)39-32(36)15-11-18-37-2/h10,12,14,24-27,30,33H,3-9,11,13,15-22H2,1-2H3,(H,34,35)/t24-,25-,26+,27-,30+/m0/s1. The quantitative estimate of drug-likeness (QED) is 0.159. The van der Waals surface area contributed by atoms with Crippen molar-refractivity contribution in [2.24, 2.45) is 17.8 Å². The minimum Gasteiger partial charge on any atom is -0.482 e. The number of fused-ring (bicyclic) bond motifs is 2. The van der Waals surface area contributed by atoms with Gasteiger partial charge >= 0.3 is 11.9 Å². The van der Waals surface area contributed by atoms with Crippen molar-refractivity contribution in [1.82, 2.24) is 0 Å². The van der Waals surface area contributed by atoms with E-state index in [9.17, 15) is 14.7 Å². The first kappa shape index (κ1) is 31.4. The number of carbonyl (C=O) groups is 2. The van der Waals surface area contributed by atoms with Gasteiger partial charge in [0.1, 0.15) is 11.9 Å². The fourth-order valence-corrected chi connectivity index (χ4v) is 6.64. The molecular formula is C32H50O7. The second kappa shape index (κ2) is 16.9. The maximum absolute atomic E-state index is 12.7. The van der Waals surface area contributed by atoms with E-state index in [0.717, 1.165) is 50.5 Å². The Labute approximate surface area is 234 Å². The average molecular weight is 547 g/mol. The van der Waals surface area contributed by atoms with Gasteiger partial charge in [-0.15, -0.1) is 0 Å². The van der Waals surface area contributed by atoms with Crippen LogP contribution in [0.15, 0.2) is 18.2 Å². The third-order valence-electron chi connectivity index (χ3n) is 8.66. The molecule has 1 aromatic rings. The van der Waals surface area contributed by atoms with E-state index in [-0.39, 0.29) is 30.7 Å². The van der Waals surface area contributed by atoms with E-state index in [1.807, 2.05) is 12.1 Å². The fraction of sp³-hybridized carbons (Fsp3) is 0.750. The van der Waals surface area contributed by atoms with Crippen molar-refractivity contribution in [2.45, 2.75) is 115 Å². The number of benzene rings is 1. The van der Waals surface area contributed by atoms with Gasteiger partial charge in [-0.25, -0.2) is 4.79 Å². The number of hydrogen-bond acceptors (Lipinski definition) is 6. The Morgan fingerprint density at radius 2 is 1.79 bits per heavy atom. The van der Waals surface area contributed by atoms with Crippen LogP contribution in [0.4, 0.5) is 0 Å². The summed E-state index contributed by atoms with van der Waals surface area (Å²) < 4.78 is 16.8. The molecule has 0 aliphatic heterocycles. The third kappa shape index (κ3) is 10.1. The minimum atomic E-state index is -0.988. The topological polar surface area (TPSA) is 102 Å². The first-order valence-corrected chi connectivity index (χ1v) is 15.2. The number of aliphatic carboxylic acids is 1. The monoisotopic (exact) mass is 546 g/mol. The van der Waals surface area contributed by atoms with Gasteiger partial charge < -0.3 is 24.4 Å². The van der Waals surface area contributed by atoms with E-state index in [4.69, 9.17) is 19.3 Å². The predicted octanol–water partition coefficient (Wildman–Crippen LogP) is 6.12. The second-order valence-electron chi connectivity index (χ2n) is 11.6. The Kier molecular flexibility index (Phi) is 13.6. The van der Waals surface area contributed by atoms with Gasteiger partial charge in [0.25, 0.3) is 0 Å². The maximum Gasteiger partial charge on any atom is 0.341 e. The molecule has 220 valence electrons. The summed E-state index contributed by atoms with van der Waals surface area (Å²) in [6.07, 6.45) is 14.1. The Bertz CT molecular complexity index is 885. The van der Waals surface area contributed by atoms with Gasteiger partial charge in [0.15, 0.2) is 6.61 Å². The molecule has 0 saturated heterocycles. The third-order valence-corrected chi connectivity index (χ3v) is 8.66. The zero-order valence-electron chi connectivity index (χ0n) is 24.1. The fourth-order valence-electron chi connectivity index (χ4n) is 6.64. The molecule has 3 rings (SSSR count). The number of ether oxygens (including phenoxy) is 3. The SMILES string of the molecule is CCCCCCCCC[C@H](O)CC[C@@H]1[C@H]2Cc3cccc(OCC(=O)O)c3C[C@H]2C[C@H]1OC(=O)CCCOC. The summed E-state index contributed by atoms with van der Waals surface area (Å²) in [7, 11) is 1.63. The Morgan fingerprint density at radius 3 is 2.54 bits per heavy atom. The highest BCUT2D eigenvalue weighted by molar-refractivity contribution is 5.69. The van der Waals surface area contributed by atoms with E-state index in [1.165, 1.54) is 44.1 Å². The van der Waals surface area contributed by atoms with E-state index >= 15 is 0 Å². The molecule has 7 nitrogen and oxygen atoms in total. The molecule has 1 saturated carbocycles. The summed E-state index contributed by atoms with van der Waals surface area (Å²) in [4.78, 5) is 23.7. The molecule has 0 aromatic heterocycles. The molecule has 39 heavy (non-hydrogen) atoms. The van der Waals surface area contributed by atoms with Crippen molar-refractivity contribution in [2.75, 3.05) is 20.3 Å². The Hall–Kier alpha value is -2.12. The minimum absolute atomic E-state index is 0.154. The second-order valence-corrected chi connectivity index (χ2v) is 11.6. The molecule has 1 fully saturated rings. The number of esters is 1. The predicted molar refractivity (Wildman–Crippen MR) is 151 cm³/mol. The number of carbonyl (C=O) groups excluding carboxylic acids is 1. The number of aliphatic hydroxyl groups excluding tert-OH is 1. The summed E-state index contributed by atoms with van der Waals surface area (Å²) in [6.45, 7) is 2.41. The highest BCUT2D eigenvalue weighted by Gasteiger charge is 2.47. The summed E-state index contributed by atoms with van der Waals surface area (Å²) in [5.74, 6) is 0.408. The van der Waals surface area contributed by atoms with Crippen LogP contribution in [-0.4, -0.2) is 54.7 Å². The van der Waals surface area contributed by atoms with Crippen molar-refractivity contribution in [3.63, 3.8) is 0 Å². The summed E-state index contributed by atoms with van der Waals surface area (Å²) in [5.41, 5.74) is 2.28. The smallest absolute Gasteiger partial charge is 0.341 e. The van der Waals surface area contributed by atoms with Crippen LogP contribution < -0.4 is 4.74 Å². The number of unbranched alkanes of at least 4 members (excludes halogenated alkanes) is 6.